The Kier molecular flexibility index (Phi) is 5.14. The highest BCUT2D eigenvalue weighted by molar-refractivity contribution is 8.00. The second-order valence-corrected chi connectivity index (χ2v) is 6.69. The van der Waals surface area contributed by atoms with Gasteiger partial charge in [0.05, 0.1) is 17.5 Å². The van der Waals surface area contributed by atoms with E-state index in [2.05, 4.69) is 15.2 Å². The number of primary amides is 1. The van der Waals surface area contributed by atoms with Gasteiger partial charge < -0.3 is 10.6 Å². The van der Waals surface area contributed by atoms with Crippen molar-refractivity contribution in [3.63, 3.8) is 0 Å². The molecule has 0 aliphatic carbocycles. The highest BCUT2D eigenvalue weighted by atomic mass is 32.2. The Bertz CT molecular complexity index is 718. The molecular weight excluding hydrogens is 326 g/mol. The molecule has 1 atom stereocenters. The summed E-state index contributed by atoms with van der Waals surface area (Å²) in [5, 5.41) is 6.78. The molecule has 24 heavy (non-hydrogen) atoms. The average Bonchev–Trinajstić information content (AvgIpc) is 3.11. The second kappa shape index (κ2) is 7.48. The molecule has 0 radical (unpaired) electrons. The zero-order chi connectivity index (χ0) is 16.9. The molecule has 2 aromatic heterocycles. The molecule has 8 heteroatoms. The maximum absolute atomic E-state index is 12.7. The van der Waals surface area contributed by atoms with Crippen LogP contribution in [0.3, 0.4) is 0 Å². The molecule has 3 rings (SSSR count). The first kappa shape index (κ1) is 16.5. The van der Waals surface area contributed by atoms with Crippen molar-refractivity contribution in [3.8, 4) is 0 Å². The molecule has 2 aromatic rings. The van der Waals surface area contributed by atoms with Gasteiger partial charge in [0.25, 0.3) is 5.91 Å². The number of amides is 2. The van der Waals surface area contributed by atoms with E-state index in [0.29, 0.717) is 12.3 Å². The lowest BCUT2D eigenvalue weighted by molar-refractivity contribution is -0.132. The number of nitrogens with one attached hydrogen (secondary N) is 1. The zero-order valence-corrected chi connectivity index (χ0v) is 14.0. The molecule has 3 heterocycles. The summed E-state index contributed by atoms with van der Waals surface area (Å²) in [4.78, 5) is 30.7. The molecule has 1 fully saturated rings. The summed E-state index contributed by atoms with van der Waals surface area (Å²) < 4.78 is 0. The molecule has 1 aliphatic rings. The van der Waals surface area contributed by atoms with Crippen LogP contribution in [0.2, 0.25) is 0 Å². The number of hydrogen-bond donors (Lipinski definition) is 2. The number of likely N-dealkylation sites (tertiary alicyclic amines) is 1. The second-order valence-electron chi connectivity index (χ2n) is 5.64. The van der Waals surface area contributed by atoms with Crippen LogP contribution in [0.15, 0.2) is 35.5 Å². The lowest BCUT2D eigenvalue weighted by Gasteiger charge is -2.35. The van der Waals surface area contributed by atoms with E-state index < -0.39 is 5.91 Å². The molecule has 3 N–H and O–H groups in total. The molecule has 0 spiro atoms. The number of nitrogens with two attached hydrogens (primary N) is 1. The van der Waals surface area contributed by atoms with Gasteiger partial charge in [-0.25, -0.2) is 0 Å². The van der Waals surface area contributed by atoms with Gasteiger partial charge in [-0.05, 0) is 37.5 Å². The summed E-state index contributed by atoms with van der Waals surface area (Å²) in [5.41, 5.74) is 6.22. The van der Waals surface area contributed by atoms with E-state index in [0.717, 1.165) is 29.9 Å². The third-order valence-electron chi connectivity index (χ3n) is 4.04. The first-order valence-corrected chi connectivity index (χ1v) is 8.81. The van der Waals surface area contributed by atoms with Crippen molar-refractivity contribution in [1.82, 2.24) is 20.1 Å². The summed E-state index contributed by atoms with van der Waals surface area (Å²) in [6.45, 7) is 0.714. The van der Waals surface area contributed by atoms with Crippen LogP contribution < -0.4 is 5.73 Å². The molecule has 2 amide bonds. The monoisotopic (exact) mass is 345 g/mol. The Labute approximate surface area is 144 Å². The molecule has 1 unspecified atom stereocenters. The van der Waals surface area contributed by atoms with Crippen LogP contribution >= 0.6 is 11.8 Å². The van der Waals surface area contributed by atoms with Gasteiger partial charge in [-0.15, -0.1) is 11.8 Å². The van der Waals surface area contributed by atoms with Crippen LogP contribution in [0.5, 0.6) is 0 Å². The number of aromatic amines is 1. The van der Waals surface area contributed by atoms with Gasteiger partial charge in [-0.1, -0.05) is 0 Å². The van der Waals surface area contributed by atoms with E-state index in [1.54, 1.807) is 18.5 Å². The molecular formula is C16H19N5O2S. The molecule has 1 aliphatic heterocycles. The van der Waals surface area contributed by atoms with Crippen LogP contribution in [-0.4, -0.2) is 44.2 Å². The number of pyridine rings is 1. The first-order valence-electron chi connectivity index (χ1n) is 7.82. The van der Waals surface area contributed by atoms with Gasteiger partial charge >= 0.3 is 0 Å². The number of aromatic nitrogens is 3. The van der Waals surface area contributed by atoms with E-state index in [4.69, 9.17) is 5.73 Å². The highest BCUT2D eigenvalue weighted by Gasteiger charge is 2.29. The molecule has 0 bridgehead atoms. The minimum atomic E-state index is -0.570. The van der Waals surface area contributed by atoms with Crippen LogP contribution in [0.4, 0.5) is 0 Å². The van der Waals surface area contributed by atoms with Crippen molar-refractivity contribution in [1.29, 1.82) is 0 Å². The van der Waals surface area contributed by atoms with Gasteiger partial charge in [-0.2, -0.15) is 5.10 Å². The zero-order valence-electron chi connectivity index (χ0n) is 13.1. The SMILES string of the molecule is NC(=O)c1cc(C2CCCCN2C(=O)CSc2ccncc2)[nH]n1. The van der Waals surface area contributed by atoms with E-state index in [1.807, 2.05) is 17.0 Å². The van der Waals surface area contributed by atoms with Crippen molar-refractivity contribution in [2.45, 2.75) is 30.2 Å². The largest absolute Gasteiger partial charge is 0.364 e. The van der Waals surface area contributed by atoms with Gasteiger partial charge in [0.1, 0.15) is 5.69 Å². The Hall–Kier alpha value is -2.35. The van der Waals surface area contributed by atoms with Gasteiger partial charge in [0.2, 0.25) is 5.91 Å². The third kappa shape index (κ3) is 3.76. The normalized spacial score (nSPS) is 17.7. The van der Waals surface area contributed by atoms with Gasteiger partial charge in [-0.3, -0.25) is 19.7 Å². The van der Waals surface area contributed by atoms with Crippen molar-refractivity contribution in [3.05, 3.63) is 42.0 Å². The summed E-state index contributed by atoms with van der Waals surface area (Å²) in [6.07, 6.45) is 6.31. The Morgan fingerprint density at radius 2 is 2.12 bits per heavy atom. The summed E-state index contributed by atoms with van der Waals surface area (Å²) in [5.74, 6) is -0.117. The van der Waals surface area contributed by atoms with Gasteiger partial charge in [0, 0.05) is 23.8 Å². The molecule has 0 saturated carbocycles. The maximum atomic E-state index is 12.7. The fourth-order valence-corrected chi connectivity index (χ4v) is 3.62. The number of piperidine rings is 1. The average molecular weight is 345 g/mol. The van der Waals surface area contributed by atoms with Crippen LogP contribution in [0.25, 0.3) is 0 Å². The minimum absolute atomic E-state index is 0.0788. The number of nitrogens with zero attached hydrogens (tertiary/aromatic N) is 3. The minimum Gasteiger partial charge on any atom is -0.364 e. The standard InChI is InChI=1S/C16H19N5O2S/c17-16(23)13-9-12(19-20-13)14-3-1-2-8-21(14)15(22)10-24-11-4-6-18-7-5-11/h4-7,9,14H,1-3,8,10H2,(H2,17,23)(H,19,20). The van der Waals surface area contributed by atoms with E-state index >= 15 is 0 Å². The number of thioether (sulfide) groups is 1. The topological polar surface area (TPSA) is 105 Å². The summed E-state index contributed by atoms with van der Waals surface area (Å²) in [7, 11) is 0. The predicted molar refractivity (Wildman–Crippen MR) is 90.4 cm³/mol. The first-order chi connectivity index (χ1) is 11.6. The van der Waals surface area contributed by atoms with E-state index in [-0.39, 0.29) is 17.6 Å². The smallest absolute Gasteiger partial charge is 0.269 e. The highest BCUT2D eigenvalue weighted by Crippen LogP contribution is 2.31. The van der Waals surface area contributed by atoms with Crippen LogP contribution in [-0.2, 0) is 4.79 Å². The third-order valence-corrected chi connectivity index (χ3v) is 5.04. The number of carbonyl (C=O) groups is 2. The fraction of sp³-hybridized carbons (Fsp3) is 0.375. The number of carbonyl (C=O) groups excluding carboxylic acids is 2. The number of H-pyrrole nitrogens is 1. The summed E-state index contributed by atoms with van der Waals surface area (Å²) in [6, 6.07) is 5.35. The number of rotatable bonds is 5. The quantitative estimate of drug-likeness (QED) is 0.803. The van der Waals surface area contributed by atoms with Crippen molar-refractivity contribution in [2.24, 2.45) is 5.73 Å². The Balaban J connectivity index is 1.69. The van der Waals surface area contributed by atoms with Crippen LogP contribution in [0.1, 0.15) is 41.5 Å². The molecule has 1 saturated heterocycles. The van der Waals surface area contributed by atoms with Gasteiger partial charge in [0.15, 0.2) is 0 Å². The molecule has 126 valence electrons. The van der Waals surface area contributed by atoms with Crippen LogP contribution in [0, 0.1) is 0 Å². The van der Waals surface area contributed by atoms with Crippen molar-refractivity contribution in [2.75, 3.05) is 12.3 Å². The Morgan fingerprint density at radius 3 is 2.83 bits per heavy atom. The van der Waals surface area contributed by atoms with E-state index in [9.17, 15) is 9.59 Å². The summed E-state index contributed by atoms with van der Waals surface area (Å²) >= 11 is 1.50. The maximum Gasteiger partial charge on any atom is 0.269 e. The fourth-order valence-electron chi connectivity index (χ4n) is 2.85. The predicted octanol–water partition coefficient (Wildman–Crippen LogP) is 1.75. The lowest BCUT2D eigenvalue weighted by atomic mass is 9.99. The Morgan fingerprint density at radius 1 is 1.33 bits per heavy atom. The van der Waals surface area contributed by atoms with Crippen molar-refractivity contribution < 1.29 is 9.59 Å². The molecule has 0 aromatic carbocycles. The molecule has 7 nitrogen and oxygen atoms in total. The number of hydrogen-bond acceptors (Lipinski definition) is 5. The van der Waals surface area contributed by atoms with E-state index in [1.165, 1.54) is 11.8 Å². The lowest BCUT2D eigenvalue weighted by Crippen LogP contribution is -2.39. The van der Waals surface area contributed by atoms with Crippen molar-refractivity contribution >= 4 is 23.6 Å².